The van der Waals surface area contributed by atoms with Crippen molar-refractivity contribution in [1.29, 1.82) is 0 Å². The molecule has 0 atom stereocenters. The molecule has 2 rings (SSSR count). The van der Waals surface area contributed by atoms with Gasteiger partial charge in [-0.05, 0) is 38.3 Å². The van der Waals surface area contributed by atoms with E-state index in [-0.39, 0.29) is 0 Å². The van der Waals surface area contributed by atoms with Crippen molar-refractivity contribution in [3.05, 3.63) is 29.8 Å². The maximum atomic E-state index is 10.7. The first-order valence-electron chi connectivity index (χ1n) is 6.37. The van der Waals surface area contributed by atoms with Gasteiger partial charge in [0.15, 0.2) is 15.0 Å². The van der Waals surface area contributed by atoms with Crippen LogP contribution in [0.5, 0.6) is 0 Å². The summed E-state index contributed by atoms with van der Waals surface area (Å²) in [7, 11) is -5.51. The second-order valence-electron chi connectivity index (χ2n) is 4.67. The van der Waals surface area contributed by atoms with E-state index >= 15 is 0 Å². The van der Waals surface area contributed by atoms with Crippen LogP contribution < -0.4 is 0 Å². The summed E-state index contributed by atoms with van der Waals surface area (Å²) in [4.78, 5) is 1.59. The minimum absolute atomic E-state index is 0.584. The van der Waals surface area contributed by atoms with E-state index in [4.69, 9.17) is 13.0 Å². The van der Waals surface area contributed by atoms with Crippen molar-refractivity contribution < 1.29 is 26.1 Å². The van der Waals surface area contributed by atoms with Crippen molar-refractivity contribution in [2.75, 3.05) is 11.5 Å². The average Bonchev–Trinajstić information content (AvgIpc) is 2.39. The third-order valence-corrected chi connectivity index (χ3v) is 5.99. The molecule has 0 aliphatic carbocycles. The van der Waals surface area contributed by atoms with Crippen LogP contribution in [0, 0.1) is 6.92 Å². The van der Waals surface area contributed by atoms with Crippen LogP contribution in [0.15, 0.2) is 29.2 Å². The fourth-order valence-corrected chi connectivity index (χ4v) is 4.10. The van der Waals surface area contributed by atoms with E-state index in [9.17, 15) is 13.2 Å². The molecule has 1 aliphatic rings. The average molecular weight is 342 g/mol. The Bertz CT molecular complexity index is 533. The van der Waals surface area contributed by atoms with Gasteiger partial charge in [-0.2, -0.15) is 13.2 Å². The van der Waals surface area contributed by atoms with E-state index in [2.05, 4.69) is 31.2 Å². The number of benzene rings is 1. The van der Waals surface area contributed by atoms with Crippen LogP contribution in [0.25, 0.3) is 0 Å². The second-order valence-corrected chi connectivity index (χ2v) is 8.32. The van der Waals surface area contributed by atoms with Crippen molar-refractivity contribution in [3.8, 4) is 0 Å². The van der Waals surface area contributed by atoms with E-state index in [1.807, 2.05) is 0 Å². The van der Waals surface area contributed by atoms with Crippen molar-refractivity contribution in [2.24, 2.45) is 0 Å². The highest BCUT2D eigenvalue weighted by molar-refractivity contribution is 7.96. The summed E-state index contributed by atoms with van der Waals surface area (Å²) in [6, 6.07) is 9.14. The maximum Gasteiger partial charge on any atom is 0.485 e. The predicted molar refractivity (Wildman–Crippen MR) is 76.1 cm³/mol. The smallest absolute Gasteiger partial charge is 0.485 e. The number of rotatable bonds is 1. The molecule has 21 heavy (non-hydrogen) atoms. The molecule has 3 nitrogen and oxygen atoms in total. The fourth-order valence-electron chi connectivity index (χ4n) is 1.80. The number of halogens is 3. The molecule has 1 heterocycles. The lowest BCUT2D eigenvalue weighted by molar-refractivity contribution is -0.0517. The van der Waals surface area contributed by atoms with Crippen molar-refractivity contribution in [3.63, 3.8) is 0 Å². The van der Waals surface area contributed by atoms with Gasteiger partial charge >= 0.3 is 5.51 Å². The molecule has 1 fully saturated rings. The molecule has 0 N–H and O–H groups in total. The molecule has 1 aliphatic heterocycles. The summed E-state index contributed by atoms with van der Waals surface area (Å²) in [5.41, 5.74) is -4.27. The lowest BCUT2D eigenvalue weighted by Crippen LogP contribution is -2.21. The quantitative estimate of drug-likeness (QED) is 0.447. The van der Waals surface area contributed by atoms with Crippen molar-refractivity contribution in [2.45, 2.75) is 36.6 Å². The summed E-state index contributed by atoms with van der Waals surface area (Å²) in [5.74, 6) is 2.87. The molecule has 0 unspecified atom stereocenters. The fraction of sp³-hybridized carbons (Fsp3) is 0.538. The van der Waals surface area contributed by atoms with Crippen LogP contribution in [-0.2, 0) is 21.0 Å². The summed E-state index contributed by atoms with van der Waals surface area (Å²) >= 11 is 0. The molecule has 0 saturated carbocycles. The standard InChI is InChI=1S/C12H17S.CHF3O3S/c1-11-5-7-12(8-6-11)13-9-3-2-4-10-13;2-1(3,4)8(5,6)7/h5-8H,2-4,9-10H2,1H3;(H,5,6,7)/q+1;/p-1. The van der Waals surface area contributed by atoms with Gasteiger partial charge in [0.1, 0.15) is 11.5 Å². The second kappa shape index (κ2) is 7.51. The Hall–Kier alpha value is -0.730. The third kappa shape index (κ3) is 6.27. The normalized spacial score (nSPS) is 17.0. The Morgan fingerprint density at radius 2 is 1.48 bits per heavy atom. The minimum atomic E-state index is -6.09. The first kappa shape index (κ1) is 18.3. The first-order valence-corrected chi connectivity index (χ1v) is 9.35. The van der Waals surface area contributed by atoms with Gasteiger partial charge in [-0.1, -0.05) is 17.7 Å². The third-order valence-electron chi connectivity index (χ3n) is 2.92. The molecular weight excluding hydrogens is 325 g/mol. The van der Waals surface area contributed by atoms with Gasteiger partial charge in [0.05, 0.1) is 0 Å². The molecular formula is C13H17F3O3S2. The van der Waals surface area contributed by atoms with Crippen molar-refractivity contribution in [1.82, 2.24) is 0 Å². The van der Waals surface area contributed by atoms with Gasteiger partial charge in [0.25, 0.3) is 0 Å². The molecule has 1 aromatic carbocycles. The van der Waals surface area contributed by atoms with E-state index in [1.54, 1.807) is 4.90 Å². The highest BCUT2D eigenvalue weighted by Gasteiger charge is 2.36. The Kier molecular flexibility index (Phi) is 6.55. The van der Waals surface area contributed by atoms with E-state index in [0.717, 1.165) is 0 Å². The van der Waals surface area contributed by atoms with Crippen LogP contribution in [0.2, 0.25) is 0 Å². The van der Waals surface area contributed by atoms with E-state index in [1.165, 1.54) is 36.3 Å². The maximum absolute atomic E-state index is 10.7. The number of aryl methyl sites for hydroxylation is 1. The van der Waals surface area contributed by atoms with Gasteiger partial charge in [0.2, 0.25) is 0 Å². The predicted octanol–water partition coefficient (Wildman–Crippen LogP) is 3.21. The van der Waals surface area contributed by atoms with Crippen LogP contribution in [0.3, 0.4) is 0 Å². The zero-order valence-electron chi connectivity index (χ0n) is 11.5. The Morgan fingerprint density at radius 3 is 1.86 bits per heavy atom. The molecule has 0 amide bonds. The van der Waals surface area contributed by atoms with Gasteiger partial charge < -0.3 is 4.55 Å². The molecule has 0 bridgehead atoms. The largest absolute Gasteiger partial charge is 0.741 e. The molecule has 0 radical (unpaired) electrons. The molecule has 120 valence electrons. The molecule has 1 aromatic rings. The zero-order chi connectivity index (χ0) is 16.1. The Labute approximate surface area is 125 Å². The topological polar surface area (TPSA) is 57.2 Å². The van der Waals surface area contributed by atoms with Crippen molar-refractivity contribution >= 4 is 21.0 Å². The van der Waals surface area contributed by atoms with Gasteiger partial charge in [-0.3, -0.25) is 0 Å². The van der Waals surface area contributed by atoms with E-state index in [0.29, 0.717) is 10.9 Å². The van der Waals surface area contributed by atoms with Gasteiger partial charge in [-0.25, -0.2) is 8.42 Å². The van der Waals surface area contributed by atoms with Gasteiger partial charge in [0, 0.05) is 10.9 Å². The summed E-state index contributed by atoms with van der Waals surface area (Å²) in [5, 5.41) is 0. The molecule has 0 aromatic heterocycles. The summed E-state index contributed by atoms with van der Waals surface area (Å²) in [6.45, 7) is 2.16. The Balaban J connectivity index is 0.000000240. The monoisotopic (exact) mass is 342 g/mol. The summed E-state index contributed by atoms with van der Waals surface area (Å²) in [6.07, 6.45) is 4.34. The first-order chi connectivity index (χ1) is 9.61. The molecule has 8 heteroatoms. The summed E-state index contributed by atoms with van der Waals surface area (Å²) < 4.78 is 58.9. The highest BCUT2D eigenvalue weighted by atomic mass is 32.2. The van der Waals surface area contributed by atoms with Crippen LogP contribution in [0.4, 0.5) is 13.2 Å². The molecule has 0 spiro atoms. The lowest BCUT2D eigenvalue weighted by atomic mass is 10.2. The number of hydrogen-bond acceptors (Lipinski definition) is 3. The zero-order valence-corrected chi connectivity index (χ0v) is 13.2. The van der Waals surface area contributed by atoms with E-state index < -0.39 is 15.6 Å². The SMILES string of the molecule is Cc1ccc([S+]2CCCCC2)cc1.O=S(=O)([O-])C(F)(F)F. The van der Waals surface area contributed by atoms with Crippen LogP contribution >= 0.6 is 0 Å². The van der Waals surface area contributed by atoms with Gasteiger partial charge in [-0.15, -0.1) is 0 Å². The number of alkyl halides is 3. The molecule has 1 saturated heterocycles. The Morgan fingerprint density at radius 1 is 1.05 bits per heavy atom. The van der Waals surface area contributed by atoms with Crippen LogP contribution in [0.1, 0.15) is 24.8 Å². The number of hydrogen-bond donors (Lipinski definition) is 0. The minimum Gasteiger partial charge on any atom is -0.741 e. The lowest BCUT2D eigenvalue weighted by Gasteiger charge is -2.12. The van der Waals surface area contributed by atoms with Crippen LogP contribution in [-0.4, -0.2) is 30.0 Å². The highest BCUT2D eigenvalue weighted by Crippen LogP contribution is 2.22.